The van der Waals surface area contributed by atoms with Crippen molar-refractivity contribution in [1.82, 2.24) is 0 Å². The minimum atomic E-state index is -8.44. The molecule has 17 heteroatoms. The molecule has 0 spiro atoms. The van der Waals surface area contributed by atoms with E-state index in [0.29, 0.717) is 6.42 Å². The summed E-state index contributed by atoms with van der Waals surface area (Å²) < 4.78 is 199. The van der Waals surface area contributed by atoms with E-state index in [4.69, 9.17) is 0 Å². The zero-order chi connectivity index (χ0) is 28.9. The topological polar surface area (TPSA) is 26.3 Å². The summed E-state index contributed by atoms with van der Waals surface area (Å²) in [5, 5.41) is 0. The summed E-state index contributed by atoms with van der Waals surface area (Å²) in [6, 6.07) is 0. The van der Waals surface area contributed by atoms with Gasteiger partial charge in [-0.15, -0.1) is 0 Å². The van der Waals surface area contributed by atoms with Gasteiger partial charge in [0.05, 0.1) is 0 Å². The van der Waals surface area contributed by atoms with Gasteiger partial charge in [0.2, 0.25) is 0 Å². The van der Waals surface area contributed by atoms with Crippen LogP contribution in [0.4, 0.5) is 65.9 Å². The molecular formula is C19H21F15O2. The fourth-order valence-electron chi connectivity index (χ4n) is 2.54. The molecule has 0 aliphatic carbocycles. The Morgan fingerprint density at radius 1 is 0.583 bits per heavy atom. The van der Waals surface area contributed by atoms with Crippen molar-refractivity contribution in [2.45, 2.75) is 93.6 Å². The predicted molar refractivity (Wildman–Crippen MR) is 93.8 cm³/mol. The van der Waals surface area contributed by atoms with Crippen LogP contribution in [-0.4, -0.2) is 54.3 Å². The maximum atomic E-state index is 13.6. The molecule has 0 saturated heterocycles. The molecule has 0 unspecified atom stereocenters. The summed E-state index contributed by atoms with van der Waals surface area (Å²) in [6.45, 7) is 0.669. The molecule has 0 fully saturated rings. The lowest BCUT2D eigenvalue weighted by Crippen LogP contribution is -2.73. The molecule has 0 aromatic rings. The Balaban J connectivity index is 5.53. The van der Waals surface area contributed by atoms with Gasteiger partial charge >= 0.3 is 47.7 Å². The highest BCUT2D eigenvalue weighted by Crippen LogP contribution is 2.62. The second-order valence-corrected chi connectivity index (χ2v) is 7.57. The Hall–Kier alpha value is -1.84. The quantitative estimate of drug-likeness (QED) is 0.0865. The smallest absolute Gasteiger partial charge is 0.457 e. The average molecular weight is 566 g/mol. The molecule has 0 aliphatic rings. The van der Waals surface area contributed by atoms with Crippen LogP contribution in [0.3, 0.4) is 0 Å². The van der Waals surface area contributed by atoms with E-state index in [2.05, 4.69) is 4.74 Å². The first-order valence-electron chi connectivity index (χ1n) is 10.1. The summed E-state index contributed by atoms with van der Waals surface area (Å²) in [6.07, 6.45) is -0.434. The first-order valence-corrected chi connectivity index (χ1v) is 10.1. The Morgan fingerprint density at radius 2 is 1.00 bits per heavy atom. The molecule has 0 N–H and O–H groups in total. The lowest BCUT2D eigenvalue weighted by molar-refractivity contribution is -0.450. The van der Waals surface area contributed by atoms with Gasteiger partial charge in [-0.1, -0.05) is 51.2 Å². The third kappa shape index (κ3) is 6.34. The largest absolute Gasteiger partial charge is 0.460 e. The number of rotatable bonds is 15. The third-order valence-corrected chi connectivity index (χ3v) is 4.79. The number of allylic oxidation sites excluding steroid dienone is 1. The van der Waals surface area contributed by atoms with Crippen molar-refractivity contribution >= 4 is 5.97 Å². The number of unbranched alkanes of at least 4 members (excludes halogenated alkanes) is 6. The predicted octanol–water partition coefficient (Wildman–Crippen LogP) is 8.21. The fraction of sp³-hybridized carbons (Fsp3) is 0.842. The van der Waals surface area contributed by atoms with Gasteiger partial charge < -0.3 is 4.74 Å². The fourth-order valence-corrected chi connectivity index (χ4v) is 2.54. The van der Waals surface area contributed by atoms with Crippen LogP contribution in [-0.2, 0) is 9.53 Å². The number of esters is 1. The summed E-state index contributed by atoms with van der Waals surface area (Å²) >= 11 is 0. The first-order chi connectivity index (χ1) is 16.0. The van der Waals surface area contributed by atoms with Crippen LogP contribution < -0.4 is 0 Å². The van der Waals surface area contributed by atoms with E-state index in [0.717, 1.165) is 38.2 Å². The van der Waals surface area contributed by atoms with Gasteiger partial charge in [-0.05, 0) is 12.8 Å². The van der Waals surface area contributed by atoms with Crippen LogP contribution in [0.2, 0.25) is 0 Å². The van der Waals surface area contributed by atoms with Gasteiger partial charge in [-0.2, -0.15) is 65.9 Å². The number of halogens is 15. The normalized spacial score (nSPS) is 15.0. The highest BCUT2D eigenvalue weighted by molar-refractivity contribution is 5.79. The molecule has 0 atom stereocenters. The van der Waals surface area contributed by atoms with Crippen molar-refractivity contribution in [3.8, 4) is 0 Å². The summed E-state index contributed by atoms with van der Waals surface area (Å²) in [7, 11) is 0. The SMILES string of the molecule is CCCCCCCC/C=C/COC(=O)C(F)(F)C(F)(F)C(F)(F)C(F)(F)C(F)(F)C(F)(F)C(F)(F)F. The van der Waals surface area contributed by atoms with E-state index in [1.165, 1.54) is 6.08 Å². The highest BCUT2D eigenvalue weighted by atomic mass is 19.4. The Bertz CT molecular complexity index is 742. The van der Waals surface area contributed by atoms with Crippen molar-refractivity contribution in [2.75, 3.05) is 6.61 Å². The second-order valence-electron chi connectivity index (χ2n) is 7.57. The molecule has 0 aromatic heterocycles. The Kier molecular flexibility index (Phi) is 11.1. The molecule has 0 amide bonds. The first kappa shape index (κ1) is 34.2. The average Bonchev–Trinajstić information content (AvgIpc) is 2.73. The zero-order valence-corrected chi connectivity index (χ0v) is 18.3. The maximum absolute atomic E-state index is 13.6. The summed E-state index contributed by atoms with van der Waals surface area (Å²) in [5.74, 6) is -51.8. The molecule has 214 valence electrons. The molecule has 0 heterocycles. The molecule has 0 saturated carbocycles. The van der Waals surface area contributed by atoms with Gasteiger partial charge in [-0.3, -0.25) is 0 Å². The standard InChI is InChI=1S/C19H21F15O2/c1-2-3-4-5-6-7-8-9-10-11-36-12(35)13(20,21)14(22,23)15(24,25)16(26,27)17(28,29)18(30,31)19(32,33)34/h9-10H,2-8,11H2,1H3/b10-9+. The lowest BCUT2D eigenvalue weighted by atomic mass is 9.91. The molecule has 0 aromatic carbocycles. The van der Waals surface area contributed by atoms with Gasteiger partial charge in [0.15, 0.2) is 0 Å². The number of alkyl halides is 15. The number of carbonyl (C=O) groups is 1. The minimum Gasteiger partial charge on any atom is -0.457 e. The molecule has 36 heavy (non-hydrogen) atoms. The number of carbonyl (C=O) groups excluding carboxylic acids is 1. The molecule has 0 rings (SSSR count). The number of hydrogen-bond donors (Lipinski definition) is 0. The zero-order valence-electron chi connectivity index (χ0n) is 18.3. The highest BCUT2D eigenvalue weighted by Gasteiger charge is 2.94. The Morgan fingerprint density at radius 3 is 1.47 bits per heavy atom. The van der Waals surface area contributed by atoms with Crippen LogP contribution in [0.5, 0.6) is 0 Å². The monoisotopic (exact) mass is 566 g/mol. The molecular weight excluding hydrogens is 545 g/mol. The van der Waals surface area contributed by atoms with Gasteiger partial charge in [0.1, 0.15) is 6.61 Å². The van der Waals surface area contributed by atoms with Gasteiger partial charge in [0.25, 0.3) is 0 Å². The second kappa shape index (κ2) is 11.7. The van der Waals surface area contributed by atoms with Gasteiger partial charge in [0, 0.05) is 0 Å². The van der Waals surface area contributed by atoms with Crippen molar-refractivity contribution in [3.05, 3.63) is 12.2 Å². The molecule has 0 bridgehead atoms. The minimum absolute atomic E-state index is 0.267. The van der Waals surface area contributed by atoms with Crippen molar-refractivity contribution in [2.24, 2.45) is 0 Å². The van der Waals surface area contributed by atoms with Gasteiger partial charge in [-0.25, -0.2) is 4.79 Å². The van der Waals surface area contributed by atoms with Crippen LogP contribution in [0.25, 0.3) is 0 Å². The lowest BCUT2D eigenvalue weighted by Gasteiger charge is -2.40. The Labute approximate surface area is 194 Å². The van der Waals surface area contributed by atoms with Crippen LogP contribution >= 0.6 is 0 Å². The van der Waals surface area contributed by atoms with Crippen molar-refractivity contribution in [1.29, 1.82) is 0 Å². The van der Waals surface area contributed by atoms with Crippen LogP contribution in [0.1, 0.15) is 51.9 Å². The van der Waals surface area contributed by atoms with Crippen molar-refractivity contribution < 1.29 is 75.4 Å². The number of ether oxygens (including phenoxy) is 1. The van der Waals surface area contributed by atoms with Crippen LogP contribution in [0, 0.1) is 0 Å². The van der Waals surface area contributed by atoms with Crippen molar-refractivity contribution in [3.63, 3.8) is 0 Å². The summed E-state index contributed by atoms with van der Waals surface area (Å²) in [5.41, 5.74) is 0. The van der Waals surface area contributed by atoms with E-state index in [1.54, 1.807) is 0 Å². The molecule has 0 radical (unpaired) electrons. The molecule has 0 aliphatic heterocycles. The van der Waals surface area contributed by atoms with E-state index < -0.39 is 54.3 Å². The van der Waals surface area contributed by atoms with Crippen LogP contribution in [0.15, 0.2) is 12.2 Å². The molecule has 2 nitrogen and oxygen atoms in total. The number of hydrogen-bond acceptors (Lipinski definition) is 2. The van der Waals surface area contributed by atoms with E-state index in [-0.39, 0.29) is 6.42 Å². The van der Waals surface area contributed by atoms with E-state index >= 15 is 0 Å². The van der Waals surface area contributed by atoms with E-state index in [9.17, 15) is 70.7 Å². The maximum Gasteiger partial charge on any atom is 0.460 e. The van der Waals surface area contributed by atoms with E-state index in [1.807, 2.05) is 6.92 Å². The summed E-state index contributed by atoms with van der Waals surface area (Å²) in [4.78, 5) is 11.1. The third-order valence-electron chi connectivity index (χ3n) is 4.79.